The highest BCUT2D eigenvalue weighted by Crippen LogP contribution is 2.30. The van der Waals surface area contributed by atoms with Crippen LogP contribution in [0.1, 0.15) is 30.6 Å². The maximum atomic E-state index is 12.8. The molecule has 0 spiro atoms. The summed E-state index contributed by atoms with van der Waals surface area (Å²) in [6.07, 6.45) is -2.88. The van der Waals surface area contributed by atoms with Crippen molar-refractivity contribution < 1.29 is 13.2 Å². The first-order valence-corrected chi connectivity index (χ1v) is 7.14. The predicted octanol–water partition coefficient (Wildman–Crippen LogP) is 3.56. The highest BCUT2D eigenvalue weighted by Gasteiger charge is 2.33. The molecule has 5 nitrogen and oxygen atoms in total. The van der Waals surface area contributed by atoms with Crippen molar-refractivity contribution in [2.24, 2.45) is 0 Å². The Balaban J connectivity index is 2.27. The number of nitrogens with one attached hydrogen (secondary N) is 2. The van der Waals surface area contributed by atoms with Crippen LogP contribution in [0.25, 0.3) is 0 Å². The Bertz CT molecular complexity index is 585. The molecule has 0 amide bonds. The van der Waals surface area contributed by atoms with E-state index in [9.17, 15) is 13.2 Å². The van der Waals surface area contributed by atoms with E-state index in [0.29, 0.717) is 6.54 Å². The monoisotopic (exact) mass is 317 g/mol. The van der Waals surface area contributed by atoms with Crippen LogP contribution in [0.15, 0.2) is 17.6 Å². The fraction of sp³-hybridized carbons (Fsp3) is 0.417. The summed E-state index contributed by atoms with van der Waals surface area (Å²) < 4.78 is 38.5. The zero-order valence-corrected chi connectivity index (χ0v) is 12.2. The SMILES string of the molecule is CCNc1nc(NC(C)c2nccs2)cc(C(F)(F)F)n1. The van der Waals surface area contributed by atoms with E-state index in [1.807, 2.05) is 0 Å². The van der Waals surface area contributed by atoms with Gasteiger partial charge >= 0.3 is 6.18 Å². The van der Waals surface area contributed by atoms with Crippen LogP contribution in [0.2, 0.25) is 0 Å². The zero-order valence-electron chi connectivity index (χ0n) is 11.4. The molecule has 2 aromatic rings. The van der Waals surface area contributed by atoms with Crippen molar-refractivity contribution in [3.63, 3.8) is 0 Å². The predicted molar refractivity (Wildman–Crippen MR) is 75.3 cm³/mol. The highest BCUT2D eigenvalue weighted by molar-refractivity contribution is 7.09. The van der Waals surface area contributed by atoms with Crippen LogP contribution < -0.4 is 10.6 Å². The molecular formula is C12H14F3N5S. The Labute approximate surface area is 123 Å². The fourth-order valence-electron chi connectivity index (χ4n) is 1.64. The summed E-state index contributed by atoms with van der Waals surface area (Å²) in [6.45, 7) is 4.00. The third-order valence-electron chi connectivity index (χ3n) is 2.54. The van der Waals surface area contributed by atoms with Gasteiger partial charge in [0.25, 0.3) is 0 Å². The number of aromatic nitrogens is 3. The Kier molecular flexibility index (Phi) is 4.61. The zero-order chi connectivity index (χ0) is 15.5. The van der Waals surface area contributed by atoms with Gasteiger partial charge in [-0.3, -0.25) is 0 Å². The summed E-state index contributed by atoms with van der Waals surface area (Å²) in [5, 5.41) is 8.18. The van der Waals surface area contributed by atoms with Gasteiger partial charge in [-0.25, -0.2) is 9.97 Å². The second-order valence-corrected chi connectivity index (χ2v) is 5.15. The maximum Gasteiger partial charge on any atom is 0.433 e. The number of alkyl halides is 3. The number of anilines is 2. The minimum Gasteiger partial charge on any atom is -0.361 e. The van der Waals surface area contributed by atoms with Crippen LogP contribution in [-0.4, -0.2) is 21.5 Å². The van der Waals surface area contributed by atoms with Crippen molar-refractivity contribution in [1.82, 2.24) is 15.0 Å². The van der Waals surface area contributed by atoms with E-state index in [1.165, 1.54) is 11.3 Å². The Morgan fingerprint density at radius 2 is 2.10 bits per heavy atom. The van der Waals surface area contributed by atoms with Crippen LogP contribution in [0, 0.1) is 0 Å². The lowest BCUT2D eigenvalue weighted by atomic mass is 10.3. The topological polar surface area (TPSA) is 62.7 Å². The number of hydrogen-bond acceptors (Lipinski definition) is 6. The van der Waals surface area contributed by atoms with E-state index in [2.05, 4.69) is 25.6 Å². The van der Waals surface area contributed by atoms with Crippen molar-refractivity contribution in [3.05, 3.63) is 28.3 Å². The number of nitrogens with zero attached hydrogens (tertiary/aromatic N) is 3. The van der Waals surface area contributed by atoms with Crippen molar-refractivity contribution in [1.29, 1.82) is 0 Å². The molecule has 2 aromatic heterocycles. The van der Waals surface area contributed by atoms with Gasteiger partial charge in [-0.05, 0) is 13.8 Å². The van der Waals surface area contributed by atoms with Crippen LogP contribution in [0.4, 0.5) is 24.9 Å². The van der Waals surface area contributed by atoms with Crippen LogP contribution in [0.5, 0.6) is 0 Å². The molecule has 21 heavy (non-hydrogen) atoms. The molecule has 0 bridgehead atoms. The summed E-state index contributed by atoms with van der Waals surface area (Å²) >= 11 is 1.42. The number of halogens is 3. The van der Waals surface area contributed by atoms with Gasteiger partial charge < -0.3 is 10.6 Å². The summed E-state index contributed by atoms with van der Waals surface area (Å²) in [5.41, 5.74) is -0.984. The molecule has 2 N–H and O–H groups in total. The van der Waals surface area contributed by atoms with Crippen molar-refractivity contribution >= 4 is 23.1 Å². The molecule has 0 aliphatic carbocycles. The van der Waals surface area contributed by atoms with E-state index in [0.717, 1.165) is 11.1 Å². The summed E-state index contributed by atoms with van der Waals surface area (Å²) in [6, 6.07) is 0.653. The van der Waals surface area contributed by atoms with Gasteiger partial charge in [0.2, 0.25) is 5.95 Å². The highest BCUT2D eigenvalue weighted by atomic mass is 32.1. The van der Waals surface area contributed by atoms with E-state index >= 15 is 0 Å². The van der Waals surface area contributed by atoms with Crippen LogP contribution in [0.3, 0.4) is 0 Å². The molecule has 2 heterocycles. The molecular weight excluding hydrogens is 303 g/mol. The molecule has 0 aromatic carbocycles. The van der Waals surface area contributed by atoms with Gasteiger partial charge in [-0.15, -0.1) is 11.3 Å². The lowest BCUT2D eigenvalue weighted by molar-refractivity contribution is -0.141. The third-order valence-corrected chi connectivity index (χ3v) is 3.50. The van der Waals surface area contributed by atoms with E-state index in [1.54, 1.807) is 25.4 Å². The first-order chi connectivity index (χ1) is 9.90. The number of thiazole rings is 1. The lowest BCUT2D eigenvalue weighted by Crippen LogP contribution is -2.15. The lowest BCUT2D eigenvalue weighted by Gasteiger charge is -2.15. The third kappa shape index (κ3) is 4.03. The van der Waals surface area contributed by atoms with Crippen molar-refractivity contribution in [2.45, 2.75) is 26.1 Å². The second kappa shape index (κ2) is 6.25. The van der Waals surface area contributed by atoms with Crippen LogP contribution >= 0.6 is 11.3 Å². The first kappa shape index (κ1) is 15.5. The van der Waals surface area contributed by atoms with Gasteiger partial charge in [0.05, 0.1) is 6.04 Å². The smallest absolute Gasteiger partial charge is 0.361 e. The van der Waals surface area contributed by atoms with Gasteiger partial charge in [-0.2, -0.15) is 18.2 Å². The molecule has 9 heteroatoms. The number of hydrogen-bond donors (Lipinski definition) is 2. The molecule has 0 saturated heterocycles. The van der Waals surface area contributed by atoms with E-state index < -0.39 is 11.9 Å². The number of rotatable bonds is 5. The second-order valence-electron chi connectivity index (χ2n) is 4.23. The summed E-state index contributed by atoms with van der Waals surface area (Å²) in [4.78, 5) is 11.6. The molecule has 1 atom stereocenters. The molecule has 114 valence electrons. The standard InChI is InChI=1S/C12H14F3N5S/c1-3-16-11-19-8(12(13,14)15)6-9(20-11)18-7(2)10-17-4-5-21-10/h4-7H,3H2,1-2H3,(H2,16,18,19,20). The molecule has 0 aliphatic rings. The first-order valence-electron chi connectivity index (χ1n) is 6.26. The average Bonchev–Trinajstić information content (AvgIpc) is 2.91. The maximum absolute atomic E-state index is 12.8. The van der Waals surface area contributed by atoms with Crippen molar-refractivity contribution in [2.75, 3.05) is 17.2 Å². The Morgan fingerprint density at radius 1 is 1.33 bits per heavy atom. The molecule has 0 radical (unpaired) electrons. The molecule has 2 rings (SSSR count). The average molecular weight is 317 g/mol. The van der Waals surface area contributed by atoms with Crippen LogP contribution in [-0.2, 0) is 6.18 Å². The molecule has 0 fully saturated rings. The fourth-order valence-corrected chi connectivity index (χ4v) is 2.28. The van der Waals surface area contributed by atoms with E-state index in [4.69, 9.17) is 0 Å². The van der Waals surface area contributed by atoms with Crippen molar-refractivity contribution in [3.8, 4) is 0 Å². The minimum absolute atomic E-state index is 0.0545. The largest absolute Gasteiger partial charge is 0.433 e. The Hall–Kier alpha value is -1.90. The normalized spacial score (nSPS) is 13.0. The molecule has 0 saturated carbocycles. The van der Waals surface area contributed by atoms with Gasteiger partial charge in [0.1, 0.15) is 10.8 Å². The van der Waals surface area contributed by atoms with Gasteiger partial charge in [-0.1, -0.05) is 0 Å². The quantitative estimate of drug-likeness (QED) is 0.883. The van der Waals surface area contributed by atoms with Gasteiger partial charge in [0, 0.05) is 24.2 Å². The van der Waals surface area contributed by atoms with Gasteiger partial charge in [0.15, 0.2) is 5.69 Å². The summed E-state index contributed by atoms with van der Waals surface area (Å²) in [7, 11) is 0. The Morgan fingerprint density at radius 3 is 2.67 bits per heavy atom. The molecule has 0 aliphatic heterocycles. The van der Waals surface area contributed by atoms with E-state index in [-0.39, 0.29) is 17.8 Å². The summed E-state index contributed by atoms with van der Waals surface area (Å²) in [5.74, 6) is 0.0529. The minimum atomic E-state index is -4.52. The molecule has 1 unspecified atom stereocenters.